The third kappa shape index (κ3) is 3.57. The smallest absolute Gasteiger partial charge is 0.414 e. The van der Waals surface area contributed by atoms with E-state index in [1.807, 2.05) is 86.6 Å². The molecule has 0 aliphatic carbocycles. The fraction of sp³-hybridized carbons (Fsp3) is 0.190. The molecule has 0 spiro atoms. The Bertz CT molecular complexity index is 822. The van der Waals surface area contributed by atoms with E-state index in [0.29, 0.717) is 6.54 Å². The molecule has 122 valence electrons. The summed E-state index contributed by atoms with van der Waals surface area (Å²) in [5, 5.41) is 2.14. The summed E-state index contributed by atoms with van der Waals surface area (Å²) in [6, 6.07) is 24.0. The Balaban J connectivity index is 2.04. The van der Waals surface area contributed by atoms with E-state index < -0.39 is 0 Å². The van der Waals surface area contributed by atoms with E-state index >= 15 is 0 Å². The number of carbonyl (C=O) groups is 1. The Morgan fingerprint density at radius 2 is 1.58 bits per heavy atom. The minimum Gasteiger partial charge on any atom is -0.446 e. The Hall–Kier alpha value is -2.81. The number of hydrogen-bond donors (Lipinski definition) is 0. The van der Waals surface area contributed by atoms with Crippen molar-refractivity contribution in [3.63, 3.8) is 0 Å². The average Bonchev–Trinajstić information content (AvgIpc) is 2.59. The second-order valence-corrected chi connectivity index (χ2v) is 6.00. The fourth-order valence-electron chi connectivity index (χ4n) is 2.72. The topological polar surface area (TPSA) is 29.5 Å². The van der Waals surface area contributed by atoms with Gasteiger partial charge in [-0.15, -0.1) is 0 Å². The molecule has 0 aromatic heterocycles. The van der Waals surface area contributed by atoms with Gasteiger partial charge in [0.1, 0.15) is 0 Å². The standard InChI is InChI=1S/C21H21NO2/c1-16(2)24-21(23)22(15-17-9-4-3-5-10-17)20-14-8-12-18-11-6-7-13-19(18)20/h3-14,16H,15H2,1-2H3. The van der Waals surface area contributed by atoms with Crippen molar-refractivity contribution in [1.82, 2.24) is 0 Å². The minimum absolute atomic E-state index is 0.161. The van der Waals surface area contributed by atoms with Crippen LogP contribution in [0.1, 0.15) is 19.4 Å². The van der Waals surface area contributed by atoms with Crippen LogP contribution in [0.2, 0.25) is 0 Å². The summed E-state index contributed by atoms with van der Waals surface area (Å²) >= 11 is 0. The molecule has 0 N–H and O–H groups in total. The normalized spacial score (nSPS) is 10.8. The second-order valence-electron chi connectivity index (χ2n) is 6.00. The molecule has 24 heavy (non-hydrogen) atoms. The van der Waals surface area contributed by atoms with Crippen molar-refractivity contribution in [3.05, 3.63) is 78.4 Å². The van der Waals surface area contributed by atoms with Crippen molar-refractivity contribution in [2.75, 3.05) is 4.90 Å². The molecule has 3 rings (SSSR count). The molecule has 3 aromatic rings. The largest absolute Gasteiger partial charge is 0.446 e. The summed E-state index contributed by atoms with van der Waals surface area (Å²) in [6.07, 6.45) is -0.490. The molecular formula is C21H21NO2. The summed E-state index contributed by atoms with van der Waals surface area (Å²) in [5.41, 5.74) is 1.92. The van der Waals surface area contributed by atoms with Crippen LogP contribution in [0.3, 0.4) is 0 Å². The number of amides is 1. The van der Waals surface area contributed by atoms with Gasteiger partial charge in [0, 0.05) is 5.39 Å². The van der Waals surface area contributed by atoms with E-state index in [-0.39, 0.29) is 12.2 Å². The van der Waals surface area contributed by atoms with Gasteiger partial charge in [0.25, 0.3) is 0 Å². The first kappa shape index (κ1) is 16.1. The van der Waals surface area contributed by atoms with Crippen LogP contribution in [0.25, 0.3) is 10.8 Å². The van der Waals surface area contributed by atoms with Crippen LogP contribution in [-0.4, -0.2) is 12.2 Å². The molecule has 3 heteroatoms. The number of carbonyl (C=O) groups excluding carboxylic acids is 1. The van der Waals surface area contributed by atoms with E-state index in [0.717, 1.165) is 22.0 Å². The summed E-state index contributed by atoms with van der Waals surface area (Å²) in [6.45, 7) is 4.20. The Morgan fingerprint density at radius 3 is 2.33 bits per heavy atom. The van der Waals surface area contributed by atoms with Crippen LogP contribution < -0.4 is 4.90 Å². The van der Waals surface area contributed by atoms with Gasteiger partial charge in [-0.25, -0.2) is 4.79 Å². The lowest BCUT2D eigenvalue weighted by Crippen LogP contribution is -2.32. The van der Waals surface area contributed by atoms with Crippen LogP contribution >= 0.6 is 0 Å². The Morgan fingerprint density at radius 1 is 0.917 bits per heavy atom. The van der Waals surface area contributed by atoms with E-state index in [9.17, 15) is 4.79 Å². The van der Waals surface area contributed by atoms with Crippen molar-refractivity contribution < 1.29 is 9.53 Å². The van der Waals surface area contributed by atoms with Crippen LogP contribution in [0.5, 0.6) is 0 Å². The zero-order valence-electron chi connectivity index (χ0n) is 14.0. The molecule has 3 nitrogen and oxygen atoms in total. The molecular weight excluding hydrogens is 298 g/mol. The van der Waals surface area contributed by atoms with Gasteiger partial charge in [0.05, 0.1) is 18.3 Å². The Labute approximate surface area is 142 Å². The van der Waals surface area contributed by atoms with E-state index in [1.54, 1.807) is 4.90 Å². The predicted octanol–water partition coefficient (Wildman–Crippen LogP) is 5.39. The zero-order chi connectivity index (χ0) is 16.9. The number of anilines is 1. The number of rotatable bonds is 4. The molecule has 0 fully saturated rings. The minimum atomic E-state index is -0.329. The zero-order valence-corrected chi connectivity index (χ0v) is 14.0. The highest BCUT2D eigenvalue weighted by atomic mass is 16.6. The molecule has 1 amide bonds. The molecule has 0 saturated heterocycles. The van der Waals surface area contributed by atoms with Crippen molar-refractivity contribution >= 4 is 22.6 Å². The maximum absolute atomic E-state index is 12.7. The van der Waals surface area contributed by atoms with Crippen molar-refractivity contribution in [3.8, 4) is 0 Å². The summed E-state index contributed by atoms with van der Waals surface area (Å²) in [5.74, 6) is 0. The van der Waals surface area contributed by atoms with Crippen LogP contribution in [-0.2, 0) is 11.3 Å². The van der Waals surface area contributed by atoms with Gasteiger partial charge in [0.2, 0.25) is 0 Å². The van der Waals surface area contributed by atoms with Crippen molar-refractivity contribution in [2.24, 2.45) is 0 Å². The summed E-state index contributed by atoms with van der Waals surface area (Å²) < 4.78 is 5.47. The van der Waals surface area contributed by atoms with Crippen LogP contribution in [0, 0.1) is 0 Å². The van der Waals surface area contributed by atoms with Gasteiger partial charge in [-0.2, -0.15) is 0 Å². The van der Waals surface area contributed by atoms with Gasteiger partial charge in [-0.05, 0) is 30.9 Å². The van der Waals surface area contributed by atoms with Gasteiger partial charge < -0.3 is 4.74 Å². The molecule has 0 aliphatic rings. The highest BCUT2D eigenvalue weighted by Gasteiger charge is 2.20. The summed E-state index contributed by atoms with van der Waals surface area (Å²) in [4.78, 5) is 14.4. The number of benzene rings is 3. The first-order valence-electron chi connectivity index (χ1n) is 8.15. The fourth-order valence-corrected chi connectivity index (χ4v) is 2.72. The van der Waals surface area contributed by atoms with Gasteiger partial charge in [-0.3, -0.25) is 4.90 Å². The highest BCUT2D eigenvalue weighted by Crippen LogP contribution is 2.28. The third-order valence-corrected chi connectivity index (χ3v) is 3.80. The lowest BCUT2D eigenvalue weighted by atomic mass is 10.1. The number of fused-ring (bicyclic) bond motifs is 1. The molecule has 0 unspecified atom stereocenters. The molecule has 0 atom stereocenters. The van der Waals surface area contributed by atoms with E-state index in [4.69, 9.17) is 4.74 Å². The van der Waals surface area contributed by atoms with Gasteiger partial charge in [0.15, 0.2) is 0 Å². The van der Waals surface area contributed by atoms with Crippen molar-refractivity contribution in [2.45, 2.75) is 26.5 Å². The van der Waals surface area contributed by atoms with E-state index in [2.05, 4.69) is 0 Å². The Kier molecular flexibility index (Phi) is 4.80. The van der Waals surface area contributed by atoms with Crippen LogP contribution in [0.15, 0.2) is 72.8 Å². The van der Waals surface area contributed by atoms with E-state index in [1.165, 1.54) is 0 Å². The second kappa shape index (κ2) is 7.18. The molecule has 0 aliphatic heterocycles. The average molecular weight is 319 g/mol. The highest BCUT2D eigenvalue weighted by molar-refractivity contribution is 6.01. The number of nitrogens with zero attached hydrogens (tertiary/aromatic N) is 1. The first-order valence-corrected chi connectivity index (χ1v) is 8.15. The summed E-state index contributed by atoms with van der Waals surface area (Å²) in [7, 11) is 0. The first-order chi connectivity index (χ1) is 11.6. The molecule has 0 heterocycles. The molecule has 0 bridgehead atoms. The molecule has 0 radical (unpaired) electrons. The van der Waals surface area contributed by atoms with Crippen molar-refractivity contribution in [1.29, 1.82) is 0 Å². The quantitative estimate of drug-likeness (QED) is 0.645. The molecule has 3 aromatic carbocycles. The third-order valence-electron chi connectivity index (χ3n) is 3.80. The monoisotopic (exact) mass is 319 g/mol. The maximum atomic E-state index is 12.7. The lowest BCUT2D eigenvalue weighted by molar-refractivity contribution is 0.122. The SMILES string of the molecule is CC(C)OC(=O)N(Cc1ccccc1)c1cccc2ccccc12. The lowest BCUT2D eigenvalue weighted by Gasteiger charge is -2.25. The maximum Gasteiger partial charge on any atom is 0.414 e. The number of hydrogen-bond acceptors (Lipinski definition) is 2. The van der Waals surface area contributed by atoms with Gasteiger partial charge >= 0.3 is 6.09 Å². The predicted molar refractivity (Wildman–Crippen MR) is 98.2 cm³/mol. The van der Waals surface area contributed by atoms with Gasteiger partial charge in [-0.1, -0.05) is 66.7 Å². The number of ether oxygens (including phenoxy) is 1. The van der Waals surface area contributed by atoms with Crippen LogP contribution in [0.4, 0.5) is 10.5 Å². The molecule has 0 saturated carbocycles.